The molecule has 0 spiro atoms. The first-order valence-electron chi connectivity index (χ1n) is 6.63. The van der Waals surface area contributed by atoms with Crippen molar-refractivity contribution in [3.63, 3.8) is 0 Å². The minimum Gasteiger partial charge on any atom is -0.363 e. The van der Waals surface area contributed by atoms with Crippen LogP contribution < -0.4 is 0 Å². The summed E-state index contributed by atoms with van der Waals surface area (Å²) >= 11 is 0. The third-order valence-corrected chi connectivity index (χ3v) is 3.02. The van der Waals surface area contributed by atoms with Gasteiger partial charge in [-0.2, -0.15) is 79.0 Å². The van der Waals surface area contributed by atoms with Crippen molar-refractivity contribution in [1.82, 2.24) is 0 Å². The van der Waals surface area contributed by atoms with E-state index in [2.05, 4.69) is 0 Å². The lowest BCUT2D eigenvalue weighted by Crippen LogP contribution is -2.66. The number of hydrogen-bond acceptors (Lipinski definition) is 4. The van der Waals surface area contributed by atoms with Crippen molar-refractivity contribution in [3.05, 3.63) is 0 Å². The first-order valence-corrected chi connectivity index (χ1v) is 6.63. The predicted molar refractivity (Wildman–Crippen MR) is 56.0 cm³/mol. The van der Waals surface area contributed by atoms with E-state index < -0.39 is 60.8 Å². The first kappa shape index (κ1) is 30.6. The molecule has 2 atom stereocenters. The highest BCUT2D eigenvalue weighted by Crippen LogP contribution is 2.55. The molecule has 0 aliphatic heterocycles. The molecule has 22 heteroatoms. The molecule has 32 heavy (non-hydrogen) atoms. The molecule has 0 amide bonds. The molecule has 0 bridgehead atoms. The van der Waals surface area contributed by atoms with Crippen LogP contribution in [0.1, 0.15) is 0 Å². The van der Waals surface area contributed by atoms with Gasteiger partial charge in [0.2, 0.25) is 12.6 Å². The van der Waals surface area contributed by atoms with Gasteiger partial charge in [-0.15, -0.1) is 0 Å². The van der Waals surface area contributed by atoms with Crippen molar-refractivity contribution < 1.29 is 98.7 Å². The van der Waals surface area contributed by atoms with Crippen LogP contribution in [-0.4, -0.2) is 71.1 Å². The highest BCUT2D eigenvalue weighted by atomic mass is 19.4. The lowest BCUT2D eigenvalue weighted by atomic mass is 10.1. The Bertz CT molecular complexity index is 595. The fourth-order valence-electron chi connectivity index (χ4n) is 1.22. The minimum atomic E-state index is -8.07. The topological polar surface area (TPSA) is 58.9 Å². The van der Waals surface area contributed by atoms with Crippen LogP contribution in [0.2, 0.25) is 0 Å². The number of halogens is 18. The molecular formula is C10H4F18O4. The molecule has 2 N–H and O–H groups in total. The molecule has 0 aromatic carbocycles. The summed E-state index contributed by atoms with van der Waals surface area (Å²) in [5.41, 5.74) is 0. The molecular weight excluding hydrogens is 526 g/mol. The Labute approximate surface area is 161 Å². The van der Waals surface area contributed by atoms with E-state index in [9.17, 15) is 79.0 Å². The Morgan fingerprint density at radius 1 is 0.406 bits per heavy atom. The van der Waals surface area contributed by atoms with Crippen molar-refractivity contribution in [2.24, 2.45) is 0 Å². The van der Waals surface area contributed by atoms with Gasteiger partial charge in [-0.05, 0) is 0 Å². The van der Waals surface area contributed by atoms with Crippen molar-refractivity contribution in [2.45, 2.75) is 60.8 Å². The van der Waals surface area contributed by atoms with E-state index in [4.69, 9.17) is 10.2 Å². The van der Waals surface area contributed by atoms with Gasteiger partial charge in [0, 0.05) is 0 Å². The van der Waals surface area contributed by atoms with Gasteiger partial charge in [0.05, 0.1) is 0 Å². The Hall–Kier alpha value is -1.42. The summed E-state index contributed by atoms with van der Waals surface area (Å²) in [6, 6.07) is 0. The third-order valence-electron chi connectivity index (χ3n) is 3.02. The molecule has 2 unspecified atom stereocenters. The molecule has 0 rings (SSSR count). The van der Waals surface area contributed by atoms with E-state index in [0.717, 1.165) is 0 Å². The number of aliphatic hydroxyl groups is 2. The summed E-state index contributed by atoms with van der Waals surface area (Å²) in [6.45, 7) is 0. The second-order valence-corrected chi connectivity index (χ2v) is 5.36. The lowest BCUT2D eigenvalue weighted by molar-refractivity contribution is -0.505. The Balaban J connectivity index is 6.05. The quantitative estimate of drug-likeness (QED) is 0.341. The Morgan fingerprint density at radius 3 is 0.750 bits per heavy atom. The van der Waals surface area contributed by atoms with Crippen LogP contribution in [0.15, 0.2) is 0 Å². The molecule has 0 radical (unpaired) electrons. The molecule has 4 nitrogen and oxygen atoms in total. The number of alkyl halides is 18. The average molecular weight is 530 g/mol. The minimum absolute atomic E-state index is 1.74. The SMILES string of the molecule is OC(OC(F)(F)C(F)(F)C(F)(F)C(F)(F)OC(O)C(F)(F)C(F)(F)F)C(F)(F)C(F)(F)F. The van der Waals surface area contributed by atoms with Gasteiger partial charge < -0.3 is 10.2 Å². The number of rotatable bonds is 9. The maximum absolute atomic E-state index is 13.2. The van der Waals surface area contributed by atoms with Crippen LogP contribution in [0.25, 0.3) is 0 Å². The van der Waals surface area contributed by atoms with Crippen LogP contribution in [0.4, 0.5) is 79.0 Å². The van der Waals surface area contributed by atoms with Crippen LogP contribution >= 0.6 is 0 Å². The second-order valence-electron chi connectivity index (χ2n) is 5.36. The maximum atomic E-state index is 13.2. The third kappa shape index (κ3) is 5.05. The zero-order valence-electron chi connectivity index (χ0n) is 13.7. The van der Waals surface area contributed by atoms with E-state index >= 15 is 0 Å². The summed E-state index contributed by atoms with van der Waals surface area (Å²) in [6.07, 6.45) is -40.3. The maximum Gasteiger partial charge on any atom is 0.458 e. The molecule has 0 fully saturated rings. The summed E-state index contributed by atoms with van der Waals surface area (Å²) in [4.78, 5) is 0. The molecule has 0 aliphatic rings. The van der Waals surface area contributed by atoms with E-state index in [1.165, 1.54) is 0 Å². The van der Waals surface area contributed by atoms with Gasteiger partial charge in [0.25, 0.3) is 0 Å². The Morgan fingerprint density at radius 2 is 0.594 bits per heavy atom. The smallest absolute Gasteiger partial charge is 0.363 e. The standard InChI is InChI=1S/C10H4F18O4/c11-3(12,7(19,20)21)1(29)31-9(25,26)5(15,16)6(17,18)10(27,28)32-2(30)4(13,14)8(22,23)24/h1-2,29-30H. The van der Waals surface area contributed by atoms with E-state index in [-0.39, 0.29) is 0 Å². The lowest BCUT2D eigenvalue weighted by Gasteiger charge is -2.38. The zero-order valence-corrected chi connectivity index (χ0v) is 13.7. The van der Waals surface area contributed by atoms with Crippen LogP contribution in [0, 0.1) is 0 Å². The van der Waals surface area contributed by atoms with Crippen LogP contribution in [0.3, 0.4) is 0 Å². The van der Waals surface area contributed by atoms with E-state index in [0.29, 0.717) is 0 Å². The second kappa shape index (κ2) is 8.11. The van der Waals surface area contributed by atoms with Gasteiger partial charge in [-0.3, -0.25) is 9.47 Å². The molecule has 0 aliphatic carbocycles. The number of hydrogen-bond donors (Lipinski definition) is 2. The molecule has 0 aromatic rings. The predicted octanol–water partition coefficient (Wildman–Crippen LogP) is 4.51. The number of aliphatic hydroxyl groups excluding tert-OH is 2. The fourth-order valence-corrected chi connectivity index (χ4v) is 1.22. The van der Waals surface area contributed by atoms with Crippen LogP contribution in [-0.2, 0) is 9.47 Å². The van der Waals surface area contributed by atoms with E-state index in [1.807, 2.05) is 0 Å². The highest BCUT2D eigenvalue weighted by molar-refractivity contribution is 4.98. The first-order chi connectivity index (χ1) is 13.5. The van der Waals surface area contributed by atoms with Gasteiger partial charge in [0.1, 0.15) is 0 Å². The van der Waals surface area contributed by atoms with Gasteiger partial charge in [-0.25, -0.2) is 0 Å². The van der Waals surface area contributed by atoms with Gasteiger partial charge in [0.15, 0.2) is 0 Å². The van der Waals surface area contributed by atoms with Crippen molar-refractivity contribution in [1.29, 1.82) is 0 Å². The average Bonchev–Trinajstić information content (AvgIpc) is 2.50. The summed E-state index contributed by atoms with van der Waals surface area (Å²) in [5.74, 6) is -30.0. The van der Waals surface area contributed by atoms with Gasteiger partial charge in [-0.1, -0.05) is 0 Å². The Kier molecular flexibility index (Phi) is 7.75. The molecule has 194 valence electrons. The normalized spacial score (nSPS) is 18.0. The summed E-state index contributed by atoms with van der Waals surface area (Å²) in [7, 11) is 0. The highest BCUT2D eigenvalue weighted by Gasteiger charge is 2.85. The van der Waals surface area contributed by atoms with Crippen molar-refractivity contribution >= 4 is 0 Å². The largest absolute Gasteiger partial charge is 0.458 e. The molecule has 0 saturated carbocycles. The molecule has 0 saturated heterocycles. The fraction of sp³-hybridized carbons (Fsp3) is 1.00. The van der Waals surface area contributed by atoms with Crippen LogP contribution in [0.5, 0.6) is 0 Å². The molecule has 0 aromatic heterocycles. The monoisotopic (exact) mass is 530 g/mol. The van der Waals surface area contributed by atoms with Crippen molar-refractivity contribution in [3.8, 4) is 0 Å². The van der Waals surface area contributed by atoms with Crippen molar-refractivity contribution in [2.75, 3.05) is 0 Å². The number of ether oxygens (including phenoxy) is 2. The van der Waals surface area contributed by atoms with E-state index in [1.54, 1.807) is 9.47 Å². The summed E-state index contributed by atoms with van der Waals surface area (Å²) < 4.78 is 230. The zero-order chi connectivity index (χ0) is 26.6. The summed E-state index contributed by atoms with van der Waals surface area (Å²) in [5, 5.41) is 16.4. The van der Waals surface area contributed by atoms with Gasteiger partial charge >= 0.3 is 48.3 Å². The molecule has 0 heterocycles.